The molecule has 162 valence electrons. The number of nitrogens with zero attached hydrogens (tertiary/aromatic N) is 1. The normalized spacial score (nSPS) is 14.9. The Hall–Kier alpha value is -2.52. The molecule has 2 aromatic rings. The van der Waals surface area contributed by atoms with E-state index in [1.54, 1.807) is 12.1 Å². The SMILES string of the molecule is O=C(CCNc1ncc(C(F)(F)F)cc1Cl)Nc1ccc(NC2CCOCC2)cc1. The first-order valence-electron chi connectivity index (χ1n) is 9.52. The van der Waals surface area contributed by atoms with Crippen LogP contribution in [0.25, 0.3) is 0 Å². The minimum Gasteiger partial charge on any atom is -0.382 e. The number of benzene rings is 1. The lowest BCUT2D eigenvalue weighted by molar-refractivity contribution is -0.137. The van der Waals surface area contributed by atoms with Gasteiger partial charge in [0.1, 0.15) is 5.82 Å². The van der Waals surface area contributed by atoms with Crippen molar-refractivity contribution in [3.63, 3.8) is 0 Å². The highest BCUT2D eigenvalue weighted by molar-refractivity contribution is 6.33. The zero-order chi connectivity index (χ0) is 21.6. The maximum absolute atomic E-state index is 12.6. The van der Waals surface area contributed by atoms with Crippen LogP contribution in [0.1, 0.15) is 24.8 Å². The molecule has 0 bridgehead atoms. The van der Waals surface area contributed by atoms with Crippen molar-refractivity contribution in [3.8, 4) is 0 Å². The van der Waals surface area contributed by atoms with Crippen molar-refractivity contribution in [3.05, 3.63) is 47.1 Å². The molecule has 6 nitrogen and oxygen atoms in total. The first-order valence-corrected chi connectivity index (χ1v) is 9.90. The third kappa shape index (κ3) is 6.50. The molecule has 0 atom stereocenters. The van der Waals surface area contributed by atoms with Gasteiger partial charge in [-0.25, -0.2) is 4.98 Å². The van der Waals surface area contributed by atoms with Gasteiger partial charge in [-0.2, -0.15) is 13.2 Å². The molecule has 0 radical (unpaired) electrons. The smallest absolute Gasteiger partial charge is 0.382 e. The average Bonchev–Trinajstić information content (AvgIpc) is 2.71. The molecule has 0 aliphatic carbocycles. The predicted octanol–water partition coefficient (Wildman–Crippen LogP) is 4.79. The van der Waals surface area contributed by atoms with Crippen molar-refractivity contribution in [2.24, 2.45) is 0 Å². The van der Waals surface area contributed by atoms with E-state index in [1.807, 2.05) is 12.1 Å². The number of alkyl halides is 3. The molecular formula is C20H22ClF3N4O2. The van der Waals surface area contributed by atoms with Crippen LogP contribution in [0.4, 0.5) is 30.4 Å². The molecule has 30 heavy (non-hydrogen) atoms. The fourth-order valence-corrected chi connectivity index (χ4v) is 3.20. The van der Waals surface area contributed by atoms with Crippen LogP contribution in [-0.4, -0.2) is 36.7 Å². The maximum atomic E-state index is 12.6. The van der Waals surface area contributed by atoms with Crippen LogP contribution >= 0.6 is 11.6 Å². The van der Waals surface area contributed by atoms with Gasteiger partial charge in [-0.15, -0.1) is 0 Å². The Balaban J connectivity index is 1.43. The van der Waals surface area contributed by atoms with Crippen molar-refractivity contribution in [1.29, 1.82) is 0 Å². The molecule has 3 N–H and O–H groups in total. The molecule has 1 aliphatic heterocycles. The lowest BCUT2D eigenvalue weighted by atomic mass is 10.1. The molecule has 0 spiro atoms. The highest BCUT2D eigenvalue weighted by Gasteiger charge is 2.31. The third-order valence-corrected chi connectivity index (χ3v) is 4.86. The quantitative estimate of drug-likeness (QED) is 0.575. The summed E-state index contributed by atoms with van der Waals surface area (Å²) >= 11 is 5.83. The second-order valence-corrected chi connectivity index (χ2v) is 7.29. The number of ether oxygens (including phenoxy) is 1. The van der Waals surface area contributed by atoms with E-state index in [0.717, 1.165) is 37.8 Å². The zero-order valence-electron chi connectivity index (χ0n) is 16.1. The first-order chi connectivity index (χ1) is 14.3. The molecule has 1 aliphatic rings. The summed E-state index contributed by atoms with van der Waals surface area (Å²) in [6.07, 6.45) is -1.79. The van der Waals surface area contributed by atoms with Crippen molar-refractivity contribution < 1.29 is 22.7 Å². The Labute approximate surface area is 177 Å². The maximum Gasteiger partial charge on any atom is 0.417 e. The number of aromatic nitrogens is 1. The summed E-state index contributed by atoms with van der Waals surface area (Å²) in [5.74, 6) is -0.142. The number of hydrogen-bond acceptors (Lipinski definition) is 5. The average molecular weight is 443 g/mol. The van der Waals surface area contributed by atoms with E-state index in [9.17, 15) is 18.0 Å². The van der Waals surface area contributed by atoms with Gasteiger partial charge in [0.05, 0.1) is 10.6 Å². The molecule has 10 heteroatoms. The highest BCUT2D eigenvalue weighted by Crippen LogP contribution is 2.32. The van der Waals surface area contributed by atoms with Crippen molar-refractivity contribution >= 4 is 34.7 Å². The Morgan fingerprint density at radius 1 is 1.17 bits per heavy atom. The summed E-state index contributed by atoms with van der Waals surface area (Å²) in [4.78, 5) is 15.8. The number of anilines is 3. The van der Waals surface area contributed by atoms with E-state index in [-0.39, 0.29) is 29.7 Å². The molecule has 1 fully saturated rings. The van der Waals surface area contributed by atoms with Crippen LogP contribution in [0, 0.1) is 0 Å². The van der Waals surface area contributed by atoms with Gasteiger partial charge < -0.3 is 20.7 Å². The van der Waals surface area contributed by atoms with Crippen LogP contribution in [0.5, 0.6) is 0 Å². The minimum atomic E-state index is -4.51. The largest absolute Gasteiger partial charge is 0.417 e. The number of hydrogen-bond donors (Lipinski definition) is 3. The fraction of sp³-hybridized carbons (Fsp3) is 0.400. The Bertz CT molecular complexity index is 856. The molecule has 0 saturated carbocycles. The van der Waals surface area contributed by atoms with Gasteiger partial charge >= 0.3 is 6.18 Å². The van der Waals surface area contributed by atoms with Crippen molar-refractivity contribution in [2.45, 2.75) is 31.5 Å². The monoisotopic (exact) mass is 442 g/mol. The van der Waals surface area contributed by atoms with Gasteiger partial charge in [0.25, 0.3) is 0 Å². The molecule has 1 amide bonds. The number of nitrogens with one attached hydrogen (secondary N) is 3. The van der Waals surface area contributed by atoms with Crippen molar-refractivity contribution in [2.75, 3.05) is 35.7 Å². The molecule has 3 rings (SSSR count). The van der Waals surface area contributed by atoms with Crippen LogP contribution in [-0.2, 0) is 15.7 Å². The van der Waals surface area contributed by atoms with Crippen LogP contribution in [0.3, 0.4) is 0 Å². The summed E-state index contributed by atoms with van der Waals surface area (Å²) < 4.78 is 43.2. The Kier molecular flexibility index (Phi) is 7.38. The Morgan fingerprint density at radius 3 is 2.47 bits per heavy atom. The second-order valence-electron chi connectivity index (χ2n) is 6.89. The van der Waals surface area contributed by atoms with Crippen LogP contribution in [0.15, 0.2) is 36.5 Å². The van der Waals surface area contributed by atoms with E-state index in [0.29, 0.717) is 17.9 Å². The fourth-order valence-electron chi connectivity index (χ4n) is 2.97. The lowest BCUT2D eigenvalue weighted by Crippen LogP contribution is -2.27. The molecule has 1 aromatic heterocycles. The summed E-state index contributed by atoms with van der Waals surface area (Å²) in [6.45, 7) is 1.69. The summed E-state index contributed by atoms with van der Waals surface area (Å²) in [5.41, 5.74) is 0.707. The van der Waals surface area contributed by atoms with Gasteiger partial charge in [0.15, 0.2) is 0 Å². The van der Waals surface area contributed by atoms with Crippen LogP contribution in [0.2, 0.25) is 5.02 Å². The highest BCUT2D eigenvalue weighted by atomic mass is 35.5. The molecule has 1 aromatic carbocycles. The van der Waals surface area contributed by atoms with E-state index in [2.05, 4.69) is 20.9 Å². The van der Waals surface area contributed by atoms with E-state index >= 15 is 0 Å². The standard InChI is InChI=1S/C20H22ClF3N4O2/c21-17-11-13(20(22,23)24)12-26-19(17)25-8-5-18(29)28-15-3-1-14(2-4-15)27-16-6-9-30-10-7-16/h1-4,11-12,16,27H,5-10H2,(H,25,26)(H,28,29). The third-order valence-electron chi connectivity index (χ3n) is 4.57. The van der Waals surface area contributed by atoms with Crippen molar-refractivity contribution in [1.82, 2.24) is 4.98 Å². The topological polar surface area (TPSA) is 75.3 Å². The van der Waals surface area contributed by atoms with Gasteiger partial charge in [-0.05, 0) is 43.2 Å². The second kappa shape index (κ2) is 9.99. The van der Waals surface area contributed by atoms with Gasteiger partial charge in [0, 0.05) is 49.8 Å². The van der Waals surface area contributed by atoms with Gasteiger partial charge in [-0.3, -0.25) is 4.79 Å². The molecule has 1 saturated heterocycles. The summed E-state index contributed by atoms with van der Waals surface area (Å²) in [5, 5.41) is 8.83. The number of carbonyl (C=O) groups excluding carboxylic acids is 1. The summed E-state index contributed by atoms with van der Waals surface area (Å²) in [6, 6.07) is 8.59. The molecular weight excluding hydrogens is 421 g/mol. The van der Waals surface area contributed by atoms with E-state index in [1.165, 1.54) is 0 Å². The predicted molar refractivity (Wildman–Crippen MR) is 110 cm³/mol. The number of halogens is 4. The lowest BCUT2D eigenvalue weighted by Gasteiger charge is -2.24. The Morgan fingerprint density at radius 2 is 1.83 bits per heavy atom. The number of rotatable bonds is 7. The number of carbonyl (C=O) groups is 1. The minimum absolute atomic E-state index is 0.0982. The van der Waals surface area contributed by atoms with E-state index in [4.69, 9.17) is 16.3 Å². The van der Waals surface area contributed by atoms with E-state index < -0.39 is 11.7 Å². The number of pyridine rings is 1. The number of amides is 1. The molecule has 2 heterocycles. The van der Waals surface area contributed by atoms with Crippen LogP contribution < -0.4 is 16.0 Å². The zero-order valence-corrected chi connectivity index (χ0v) is 16.8. The first kappa shape index (κ1) is 22.2. The summed E-state index contributed by atoms with van der Waals surface area (Å²) in [7, 11) is 0. The van der Waals surface area contributed by atoms with Gasteiger partial charge in [0.2, 0.25) is 5.91 Å². The molecule has 0 unspecified atom stereocenters. The van der Waals surface area contributed by atoms with Gasteiger partial charge in [-0.1, -0.05) is 11.6 Å².